The summed E-state index contributed by atoms with van der Waals surface area (Å²) in [4.78, 5) is 17.5. The largest absolute Gasteiger partial charge is 0.495 e. The van der Waals surface area contributed by atoms with Gasteiger partial charge >= 0.3 is 0 Å². The molecule has 0 aromatic heterocycles. The van der Waals surface area contributed by atoms with E-state index in [0.717, 1.165) is 37.9 Å². The minimum atomic E-state index is -3.78. The zero-order valence-electron chi connectivity index (χ0n) is 21.1. The predicted octanol–water partition coefficient (Wildman–Crippen LogP) is 4.52. The Bertz CT molecular complexity index is 1140. The van der Waals surface area contributed by atoms with Gasteiger partial charge in [0.15, 0.2) is 0 Å². The first-order chi connectivity index (χ1) is 16.8. The maximum absolute atomic E-state index is 13.5. The number of anilines is 1. The summed E-state index contributed by atoms with van der Waals surface area (Å²) in [5.41, 5.74) is 2.60. The highest BCUT2D eigenvalue weighted by molar-refractivity contribution is 7.89. The van der Waals surface area contributed by atoms with E-state index >= 15 is 0 Å². The van der Waals surface area contributed by atoms with Gasteiger partial charge in [0.2, 0.25) is 10.0 Å². The van der Waals surface area contributed by atoms with E-state index in [9.17, 15) is 13.2 Å². The van der Waals surface area contributed by atoms with Crippen LogP contribution in [-0.2, 0) is 16.6 Å². The van der Waals surface area contributed by atoms with Crippen LogP contribution in [0.1, 0.15) is 61.4 Å². The molecule has 8 heteroatoms. The van der Waals surface area contributed by atoms with Crippen molar-refractivity contribution in [3.05, 3.63) is 53.6 Å². The summed E-state index contributed by atoms with van der Waals surface area (Å²) in [5.74, 6) is 0.0432. The molecular weight excluding hydrogens is 462 g/mol. The van der Waals surface area contributed by atoms with Gasteiger partial charge in [0, 0.05) is 50.5 Å². The highest BCUT2D eigenvalue weighted by Gasteiger charge is 2.34. The van der Waals surface area contributed by atoms with Gasteiger partial charge < -0.3 is 14.5 Å². The highest BCUT2D eigenvalue weighted by Crippen LogP contribution is 2.32. The van der Waals surface area contributed by atoms with Gasteiger partial charge in [-0.25, -0.2) is 8.42 Å². The topological polar surface area (TPSA) is 70.2 Å². The lowest BCUT2D eigenvalue weighted by molar-refractivity contribution is 0.0785. The average Bonchev–Trinajstić information content (AvgIpc) is 2.88. The van der Waals surface area contributed by atoms with Crippen molar-refractivity contribution >= 4 is 21.6 Å². The fourth-order valence-electron chi connectivity index (χ4n) is 5.20. The quantitative estimate of drug-likeness (QED) is 0.560. The minimum Gasteiger partial charge on any atom is -0.495 e. The standard InChI is InChI=1S/C27H37N3O4S/c1-21-11-7-10-18-30(21)35(32,33)26-19-22(14-15-25(26)34-3)27(31)28(2)20-23-12-5-6-13-24(23)29-16-8-4-9-17-29/h5-6,12-15,19,21H,4,7-11,16-18,20H2,1-3H3. The van der Waals surface area contributed by atoms with Gasteiger partial charge in [-0.2, -0.15) is 4.31 Å². The molecule has 0 bridgehead atoms. The van der Waals surface area contributed by atoms with Crippen molar-refractivity contribution in [1.82, 2.24) is 9.21 Å². The van der Waals surface area contributed by atoms with Gasteiger partial charge in [0.05, 0.1) is 7.11 Å². The number of carbonyl (C=O) groups is 1. The molecule has 1 atom stereocenters. The normalized spacial score (nSPS) is 19.4. The molecule has 2 aliphatic rings. The van der Waals surface area contributed by atoms with E-state index in [0.29, 0.717) is 18.7 Å². The van der Waals surface area contributed by atoms with Crippen LogP contribution in [0.25, 0.3) is 0 Å². The lowest BCUT2D eigenvalue weighted by atomic mass is 10.1. The zero-order valence-corrected chi connectivity index (χ0v) is 21.9. The minimum absolute atomic E-state index is 0.0571. The monoisotopic (exact) mass is 499 g/mol. The number of para-hydroxylation sites is 1. The Morgan fingerprint density at radius 1 is 1.03 bits per heavy atom. The van der Waals surface area contributed by atoms with Crippen LogP contribution in [-0.4, -0.2) is 63.4 Å². The first-order valence-electron chi connectivity index (χ1n) is 12.6. The van der Waals surface area contributed by atoms with E-state index in [-0.39, 0.29) is 22.6 Å². The van der Waals surface area contributed by atoms with Crippen LogP contribution in [0.15, 0.2) is 47.4 Å². The Morgan fingerprint density at radius 3 is 2.46 bits per heavy atom. The molecule has 190 valence electrons. The van der Waals surface area contributed by atoms with Crippen LogP contribution >= 0.6 is 0 Å². The van der Waals surface area contributed by atoms with Crippen molar-refractivity contribution < 1.29 is 17.9 Å². The Labute approximate surface area is 209 Å². The van der Waals surface area contributed by atoms with E-state index in [1.165, 1.54) is 38.1 Å². The van der Waals surface area contributed by atoms with Gasteiger partial charge in [0.1, 0.15) is 10.6 Å². The second kappa shape index (κ2) is 11.0. The smallest absolute Gasteiger partial charge is 0.253 e. The Kier molecular flexibility index (Phi) is 8.02. The number of amides is 1. The van der Waals surface area contributed by atoms with E-state index in [1.54, 1.807) is 28.4 Å². The maximum atomic E-state index is 13.5. The number of sulfonamides is 1. The molecule has 0 saturated carbocycles. The van der Waals surface area contributed by atoms with Crippen LogP contribution in [0.5, 0.6) is 5.75 Å². The number of piperidine rings is 2. The molecule has 2 aromatic rings. The Balaban J connectivity index is 1.59. The number of carbonyl (C=O) groups excluding carboxylic acids is 1. The van der Waals surface area contributed by atoms with Crippen molar-refractivity contribution in [3.8, 4) is 5.75 Å². The lowest BCUT2D eigenvalue weighted by Crippen LogP contribution is -2.42. The number of ether oxygens (including phenoxy) is 1. The number of hydrogen-bond acceptors (Lipinski definition) is 5. The van der Waals surface area contributed by atoms with Gasteiger partial charge in [-0.15, -0.1) is 0 Å². The molecule has 7 nitrogen and oxygen atoms in total. The molecule has 0 aliphatic carbocycles. The molecule has 35 heavy (non-hydrogen) atoms. The predicted molar refractivity (Wildman–Crippen MR) is 139 cm³/mol. The van der Waals surface area contributed by atoms with Gasteiger partial charge in [-0.3, -0.25) is 4.79 Å². The third-order valence-electron chi connectivity index (χ3n) is 7.18. The molecule has 0 radical (unpaired) electrons. The lowest BCUT2D eigenvalue weighted by Gasteiger charge is -2.32. The summed E-state index contributed by atoms with van der Waals surface area (Å²) < 4.78 is 34.0. The molecule has 0 N–H and O–H groups in total. The third kappa shape index (κ3) is 5.48. The fraction of sp³-hybridized carbons (Fsp3) is 0.519. The molecule has 2 aromatic carbocycles. The molecule has 4 rings (SSSR count). The van der Waals surface area contributed by atoms with E-state index in [2.05, 4.69) is 17.0 Å². The molecule has 2 saturated heterocycles. The van der Waals surface area contributed by atoms with Crippen molar-refractivity contribution in [2.24, 2.45) is 0 Å². The molecule has 2 fully saturated rings. The van der Waals surface area contributed by atoms with Crippen molar-refractivity contribution in [1.29, 1.82) is 0 Å². The highest BCUT2D eigenvalue weighted by atomic mass is 32.2. The number of rotatable bonds is 7. The maximum Gasteiger partial charge on any atom is 0.253 e. The van der Waals surface area contributed by atoms with Crippen LogP contribution in [0.3, 0.4) is 0 Å². The van der Waals surface area contributed by atoms with E-state index in [4.69, 9.17) is 4.74 Å². The number of benzene rings is 2. The fourth-order valence-corrected chi connectivity index (χ4v) is 7.08. The first kappa shape index (κ1) is 25.5. The molecule has 2 aliphatic heterocycles. The third-order valence-corrected chi connectivity index (χ3v) is 9.22. The second-order valence-corrected chi connectivity index (χ2v) is 11.5. The van der Waals surface area contributed by atoms with Crippen LogP contribution in [0, 0.1) is 0 Å². The van der Waals surface area contributed by atoms with Crippen molar-refractivity contribution in [2.75, 3.05) is 38.7 Å². The van der Waals surface area contributed by atoms with Gasteiger partial charge in [-0.05, 0) is 68.9 Å². The Morgan fingerprint density at radius 2 is 1.74 bits per heavy atom. The summed E-state index contributed by atoms with van der Waals surface area (Å²) in [7, 11) is -0.563. The second-order valence-electron chi connectivity index (χ2n) is 9.66. The van der Waals surface area contributed by atoms with Crippen molar-refractivity contribution in [2.45, 2.75) is 62.9 Å². The van der Waals surface area contributed by atoms with E-state index < -0.39 is 10.0 Å². The summed E-state index contributed by atoms with van der Waals surface area (Å²) in [6.45, 7) is 4.93. The summed E-state index contributed by atoms with van der Waals surface area (Å²) >= 11 is 0. The first-order valence-corrected chi connectivity index (χ1v) is 14.0. The van der Waals surface area contributed by atoms with Gasteiger partial charge in [0.25, 0.3) is 5.91 Å². The summed E-state index contributed by atoms with van der Waals surface area (Å²) in [6, 6.07) is 12.9. The molecule has 1 unspecified atom stereocenters. The van der Waals surface area contributed by atoms with Gasteiger partial charge in [-0.1, -0.05) is 24.6 Å². The van der Waals surface area contributed by atoms with E-state index in [1.807, 2.05) is 19.1 Å². The van der Waals surface area contributed by atoms with Crippen molar-refractivity contribution in [3.63, 3.8) is 0 Å². The number of hydrogen-bond donors (Lipinski definition) is 0. The Hall–Kier alpha value is -2.58. The van der Waals surface area contributed by atoms with Crippen LogP contribution < -0.4 is 9.64 Å². The van der Waals surface area contributed by atoms with Crippen LogP contribution in [0.4, 0.5) is 5.69 Å². The molecule has 0 spiro atoms. The zero-order chi connectivity index (χ0) is 25.0. The molecular formula is C27H37N3O4S. The number of nitrogens with zero attached hydrogens (tertiary/aromatic N) is 3. The SMILES string of the molecule is COc1ccc(C(=O)N(C)Cc2ccccc2N2CCCCC2)cc1S(=O)(=O)N1CCCCC1C. The average molecular weight is 500 g/mol. The summed E-state index contributed by atoms with van der Waals surface area (Å²) in [6.07, 6.45) is 6.31. The molecule has 2 heterocycles. The summed E-state index contributed by atoms with van der Waals surface area (Å²) in [5, 5.41) is 0. The van der Waals surface area contributed by atoms with Crippen LogP contribution in [0.2, 0.25) is 0 Å². The molecule has 1 amide bonds. The number of methoxy groups -OCH3 is 1.